The first kappa shape index (κ1) is 17.0. The lowest BCUT2D eigenvalue weighted by atomic mass is 9.86. The van der Waals surface area contributed by atoms with E-state index in [9.17, 15) is 14.6 Å². The summed E-state index contributed by atoms with van der Waals surface area (Å²) in [5, 5.41) is 9.84. The zero-order chi connectivity index (χ0) is 15.8. The number of phenolic OH excluding ortho intramolecular Hbond substituents is 1. The summed E-state index contributed by atoms with van der Waals surface area (Å²) < 4.78 is 22.0. The van der Waals surface area contributed by atoms with Crippen molar-refractivity contribution in [3.63, 3.8) is 0 Å². The molecule has 0 aliphatic heterocycles. The molecule has 5 nitrogen and oxygen atoms in total. The average Bonchev–Trinajstić information content (AvgIpc) is 2.14. The summed E-state index contributed by atoms with van der Waals surface area (Å²) in [6.07, 6.45) is 0. The highest BCUT2D eigenvalue weighted by molar-refractivity contribution is 7.47. The van der Waals surface area contributed by atoms with Crippen LogP contribution in [-0.4, -0.2) is 15.6 Å². The van der Waals surface area contributed by atoms with Gasteiger partial charge in [-0.25, -0.2) is 4.57 Å². The molecular weight excluding hydrogens is 279 g/mol. The highest BCUT2D eigenvalue weighted by atomic mass is 31.2. The molecule has 1 rings (SSSR count). The molecule has 0 saturated carbocycles. The van der Waals surface area contributed by atoms with E-state index >= 15 is 0 Å². The minimum atomic E-state index is -4.20. The summed E-state index contributed by atoms with van der Waals surface area (Å²) in [7, 11) is -4.20. The molecule has 0 aliphatic carbocycles. The summed E-state index contributed by atoms with van der Waals surface area (Å²) in [6.45, 7) is 10.8. The van der Waals surface area contributed by atoms with E-state index in [4.69, 9.17) is 9.05 Å². The summed E-state index contributed by atoms with van der Waals surface area (Å²) in [5.41, 5.74) is -0.479. The van der Waals surface area contributed by atoms with E-state index in [-0.39, 0.29) is 16.9 Å². The molecule has 20 heavy (non-hydrogen) atoms. The molecule has 6 heteroatoms. The van der Waals surface area contributed by atoms with Gasteiger partial charge in [-0.3, -0.25) is 9.42 Å². The molecule has 0 bridgehead atoms. The Labute approximate surface area is 120 Å². The molecular formula is C14H23O5P. The van der Waals surface area contributed by atoms with Crippen LogP contribution in [0.15, 0.2) is 18.2 Å². The third-order valence-electron chi connectivity index (χ3n) is 2.39. The van der Waals surface area contributed by atoms with Crippen molar-refractivity contribution >= 4 is 7.82 Å². The van der Waals surface area contributed by atoms with Crippen molar-refractivity contribution in [1.82, 2.24) is 0 Å². The molecule has 2 N–H and O–H groups in total. The Morgan fingerprint density at radius 2 is 1.65 bits per heavy atom. The molecule has 0 fully saturated rings. The van der Waals surface area contributed by atoms with Gasteiger partial charge >= 0.3 is 7.82 Å². The highest BCUT2D eigenvalue weighted by Gasteiger charge is 2.31. The molecule has 0 saturated heterocycles. The molecule has 114 valence electrons. The SMILES string of the molecule is CC(C)(C)OP(=O)(O)Oc1ccc(O)c(C(C)(C)C)c1. The van der Waals surface area contributed by atoms with Crippen LogP contribution in [0.1, 0.15) is 47.1 Å². The molecule has 0 radical (unpaired) electrons. The van der Waals surface area contributed by atoms with Crippen LogP contribution in [0.4, 0.5) is 0 Å². The van der Waals surface area contributed by atoms with E-state index in [2.05, 4.69) is 0 Å². The lowest BCUT2D eigenvalue weighted by molar-refractivity contribution is 0.0846. The lowest BCUT2D eigenvalue weighted by Crippen LogP contribution is -2.19. The first-order chi connectivity index (χ1) is 8.80. The van der Waals surface area contributed by atoms with Gasteiger partial charge in [-0.05, 0) is 44.4 Å². The first-order valence-corrected chi connectivity index (χ1v) is 7.86. The first-order valence-electron chi connectivity index (χ1n) is 6.37. The normalized spacial score (nSPS) is 15.8. The minimum absolute atomic E-state index is 0.120. The number of rotatable bonds is 3. The second kappa shape index (κ2) is 5.40. The summed E-state index contributed by atoms with van der Waals surface area (Å²) in [6, 6.07) is 4.41. The number of phosphoric acid groups is 1. The van der Waals surface area contributed by atoms with E-state index < -0.39 is 13.4 Å². The number of hydrogen-bond acceptors (Lipinski definition) is 4. The molecule has 1 atom stereocenters. The smallest absolute Gasteiger partial charge is 0.508 e. The van der Waals surface area contributed by atoms with Crippen LogP contribution >= 0.6 is 7.82 Å². The maximum Gasteiger partial charge on any atom is 0.527 e. The zero-order valence-corrected chi connectivity index (χ0v) is 13.7. The van der Waals surface area contributed by atoms with Crippen LogP contribution in [0.2, 0.25) is 0 Å². The monoisotopic (exact) mass is 302 g/mol. The van der Waals surface area contributed by atoms with E-state index in [1.54, 1.807) is 26.8 Å². The molecule has 1 unspecified atom stereocenters. The molecule has 0 aliphatic rings. The van der Waals surface area contributed by atoms with Gasteiger partial charge in [-0.15, -0.1) is 0 Å². The third-order valence-corrected chi connectivity index (χ3v) is 3.61. The van der Waals surface area contributed by atoms with Gasteiger partial charge in [0.15, 0.2) is 0 Å². The Balaban J connectivity index is 3.03. The number of benzene rings is 1. The predicted octanol–water partition coefficient (Wildman–Crippen LogP) is 3.98. The van der Waals surface area contributed by atoms with Crippen LogP contribution in [0, 0.1) is 0 Å². The fraction of sp³-hybridized carbons (Fsp3) is 0.571. The van der Waals surface area contributed by atoms with Gasteiger partial charge in [-0.1, -0.05) is 20.8 Å². The number of hydrogen-bond donors (Lipinski definition) is 2. The Morgan fingerprint density at radius 3 is 2.10 bits per heavy atom. The van der Waals surface area contributed by atoms with Crippen LogP contribution in [0.25, 0.3) is 0 Å². The second-order valence-electron chi connectivity index (χ2n) is 6.69. The molecule has 1 aromatic rings. The van der Waals surface area contributed by atoms with Gasteiger partial charge in [0.25, 0.3) is 0 Å². The molecule has 0 spiro atoms. The van der Waals surface area contributed by atoms with E-state index in [1.807, 2.05) is 20.8 Å². The summed E-state index contributed by atoms with van der Waals surface area (Å²) in [5.74, 6) is 0.303. The predicted molar refractivity (Wildman–Crippen MR) is 78.1 cm³/mol. The van der Waals surface area contributed by atoms with Crippen molar-refractivity contribution in [1.29, 1.82) is 0 Å². The Hall–Kier alpha value is -1.03. The minimum Gasteiger partial charge on any atom is -0.508 e. The molecule has 1 aromatic carbocycles. The summed E-state index contributed by atoms with van der Waals surface area (Å²) in [4.78, 5) is 9.72. The van der Waals surface area contributed by atoms with Crippen LogP contribution < -0.4 is 4.52 Å². The van der Waals surface area contributed by atoms with E-state index in [0.29, 0.717) is 5.56 Å². The molecule has 0 aromatic heterocycles. The fourth-order valence-electron chi connectivity index (χ4n) is 1.67. The van der Waals surface area contributed by atoms with Gasteiger partial charge in [-0.2, -0.15) is 0 Å². The number of phenols is 1. The van der Waals surface area contributed by atoms with Gasteiger partial charge in [0.2, 0.25) is 0 Å². The van der Waals surface area contributed by atoms with Crippen LogP contribution in [0.3, 0.4) is 0 Å². The third kappa shape index (κ3) is 5.16. The highest BCUT2D eigenvalue weighted by Crippen LogP contribution is 2.48. The van der Waals surface area contributed by atoms with E-state index in [0.717, 1.165) is 0 Å². The van der Waals surface area contributed by atoms with Gasteiger partial charge < -0.3 is 9.63 Å². The summed E-state index contributed by atoms with van der Waals surface area (Å²) >= 11 is 0. The lowest BCUT2D eigenvalue weighted by Gasteiger charge is -2.24. The van der Waals surface area contributed by atoms with Crippen molar-refractivity contribution in [2.45, 2.75) is 52.6 Å². The van der Waals surface area contributed by atoms with Crippen molar-refractivity contribution in [2.75, 3.05) is 0 Å². The second-order valence-corrected chi connectivity index (χ2v) is 7.99. The van der Waals surface area contributed by atoms with Crippen molar-refractivity contribution in [3.05, 3.63) is 23.8 Å². The Bertz CT molecular complexity index is 525. The van der Waals surface area contributed by atoms with Crippen molar-refractivity contribution in [2.24, 2.45) is 0 Å². The standard InChI is InChI=1S/C14H23O5P/c1-13(2,3)11-9-10(7-8-12(11)15)18-20(16,17)19-14(4,5)6/h7-9,15H,1-6H3,(H,16,17). The zero-order valence-electron chi connectivity index (χ0n) is 12.8. The van der Waals surface area contributed by atoms with Gasteiger partial charge in [0.05, 0.1) is 5.60 Å². The molecule has 0 amide bonds. The molecule has 0 heterocycles. The Kier molecular flexibility index (Phi) is 4.59. The number of phosphoric ester groups is 1. The number of aromatic hydroxyl groups is 1. The van der Waals surface area contributed by atoms with Gasteiger partial charge in [0, 0.05) is 5.56 Å². The van der Waals surface area contributed by atoms with E-state index in [1.165, 1.54) is 12.1 Å². The topological polar surface area (TPSA) is 76.0 Å². The Morgan fingerprint density at radius 1 is 1.10 bits per heavy atom. The quantitative estimate of drug-likeness (QED) is 0.826. The maximum absolute atomic E-state index is 11.9. The maximum atomic E-state index is 11.9. The van der Waals surface area contributed by atoms with Crippen LogP contribution in [-0.2, 0) is 14.5 Å². The van der Waals surface area contributed by atoms with Gasteiger partial charge in [0.1, 0.15) is 11.5 Å². The largest absolute Gasteiger partial charge is 0.527 e. The average molecular weight is 302 g/mol. The van der Waals surface area contributed by atoms with Crippen LogP contribution in [0.5, 0.6) is 11.5 Å². The van der Waals surface area contributed by atoms with Crippen molar-refractivity contribution < 1.29 is 23.6 Å². The fourth-order valence-corrected chi connectivity index (χ4v) is 2.78. The van der Waals surface area contributed by atoms with Crippen molar-refractivity contribution in [3.8, 4) is 11.5 Å².